The molecule has 3 aromatic rings. The highest BCUT2D eigenvalue weighted by molar-refractivity contribution is 7.22. The van der Waals surface area contributed by atoms with Gasteiger partial charge in [-0.2, -0.15) is 0 Å². The maximum Gasteiger partial charge on any atom is 0.304 e. The Kier molecular flexibility index (Phi) is 6.00. The Morgan fingerprint density at radius 1 is 1.15 bits per heavy atom. The van der Waals surface area contributed by atoms with Crippen LogP contribution in [0.2, 0.25) is 0 Å². The second kappa shape index (κ2) is 8.62. The van der Waals surface area contributed by atoms with Gasteiger partial charge in [0.25, 0.3) is 0 Å². The van der Waals surface area contributed by atoms with Gasteiger partial charge in [-0.25, -0.2) is 4.98 Å². The molecule has 6 nitrogen and oxygen atoms in total. The SMILES string of the molecule is CN(C(=O)C1(CC(=O)O)Cc2ccccc2C1)c1nc2ccc(C#CC[N+](C)(C)C)cc2s1. The van der Waals surface area contributed by atoms with E-state index in [9.17, 15) is 14.7 Å². The van der Waals surface area contributed by atoms with Crippen molar-refractivity contribution in [3.8, 4) is 11.8 Å². The number of carbonyl (C=O) groups excluding carboxylic acids is 1. The van der Waals surface area contributed by atoms with Gasteiger partial charge in [-0.15, -0.1) is 0 Å². The lowest BCUT2D eigenvalue weighted by Crippen LogP contribution is -2.44. The Morgan fingerprint density at radius 3 is 2.42 bits per heavy atom. The Bertz CT molecular complexity index is 1270. The smallest absolute Gasteiger partial charge is 0.304 e. The molecule has 1 N–H and O–H groups in total. The van der Waals surface area contributed by atoms with Crippen molar-refractivity contribution >= 4 is 38.6 Å². The van der Waals surface area contributed by atoms with E-state index in [1.165, 1.54) is 16.2 Å². The van der Waals surface area contributed by atoms with E-state index >= 15 is 0 Å². The number of carboxylic acid groups (broad SMARTS) is 1. The Balaban J connectivity index is 1.61. The Morgan fingerprint density at radius 2 is 1.82 bits per heavy atom. The van der Waals surface area contributed by atoms with Gasteiger partial charge < -0.3 is 9.59 Å². The molecular formula is C26H28N3O3S+. The van der Waals surface area contributed by atoms with Crippen molar-refractivity contribution in [2.24, 2.45) is 5.41 Å². The molecule has 1 aliphatic carbocycles. The van der Waals surface area contributed by atoms with Crippen LogP contribution in [-0.4, -0.2) is 61.2 Å². The number of aromatic nitrogens is 1. The van der Waals surface area contributed by atoms with E-state index < -0.39 is 11.4 Å². The lowest BCUT2D eigenvalue weighted by molar-refractivity contribution is -0.862. The minimum absolute atomic E-state index is 0.205. The number of anilines is 1. The molecule has 0 spiro atoms. The average Bonchev–Trinajstić information content (AvgIpc) is 3.32. The van der Waals surface area contributed by atoms with E-state index in [1.54, 1.807) is 7.05 Å². The van der Waals surface area contributed by atoms with Gasteiger partial charge >= 0.3 is 5.97 Å². The summed E-state index contributed by atoms with van der Waals surface area (Å²) in [5.74, 6) is 5.24. The molecule has 1 aromatic heterocycles. The van der Waals surface area contributed by atoms with Crippen molar-refractivity contribution in [1.29, 1.82) is 0 Å². The number of aliphatic carboxylic acids is 1. The average molecular weight is 463 g/mol. The molecule has 0 bridgehead atoms. The van der Waals surface area contributed by atoms with E-state index in [1.807, 2.05) is 42.5 Å². The normalized spacial score (nSPS) is 14.4. The van der Waals surface area contributed by atoms with Gasteiger partial charge in [-0.3, -0.25) is 14.5 Å². The third-order valence-corrected chi connectivity index (χ3v) is 6.97. The van der Waals surface area contributed by atoms with Crippen LogP contribution in [0.25, 0.3) is 10.2 Å². The van der Waals surface area contributed by atoms with Crippen molar-refractivity contribution in [3.63, 3.8) is 0 Å². The number of rotatable bonds is 5. The maximum atomic E-state index is 13.7. The first-order chi connectivity index (χ1) is 15.6. The predicted octanol–water partition coefficient (Wildman–Crippen LogP) is 3.58. The van der Waals surface area contributed by atoms with Crippen LogP contribution < -0.4 is 4.90 Å². The largest absolute Gasteiger partial charge is 0.481 e. The van der Waals surface area contributed by atoms with Gasteiger partial charge in [0.15, 0.2) is 5.13 Å². The van der Waals surface area contributed by atoms with Gasteiger partial charge in [-0.1, -0.05) is 41.5 Å². The number of hydrogen-bond donors (Lipinski definition) is 1. The summed E-state index contributed by atoms with van der Waals surface area (Å²) in [6.07, 6.45) is 0.646. The highest BCUT2D eigenvalue weighted by Gasteiger charge is 2.47. The molecule has 0 saturated carbocycles. The first kappa shape index (κ1) is 23.0. The molecule has 33 heavy (non-hydrogen) atoms. The van der Waals surface area contributed by atoms with Crippen LogP contribution in [0, 0.1) is 17.3 Å². The first-order valence-corrected chi connectivity index (χ1v) is 11.6. The molecular weight excluding hydrogens is 434 g/mol. The second-order valence-corrected chi connectivity index (χ2v) is 10.8. The number of thiazole rings is 1. The van der Waals surface area contributed by atoms with Crippen LogP contribution in [-0.2, 0) is 22.4 Å². The fourth-order valence-electron chi connectivity index (χ4n) is 4.29. The predicted molar refractivity (Wildman–Crippen MR) is 131 cm³/mol. The van der Waals surface area contributed by atoms with E-state index in [0.29, 0.717) is 18.0 Å². The summed E-state index contributed by atoms with van der Waals surface area (Å²) in [5.41, 5.74) is 2.80. The van der Waals surface area contributed by atoms with Crippen molar-refractivity contribution in [3.05, 3.63) is 59.2 Å². The molecule has 1 aliphatic rings. The molecule has 0 radical (unpaired) electrons. The van der Waals surface area contributed by atoms with Crippen LogP contribution >= 0.6 is 11.3 Å². The van der Waals surface area contributed by atoms with Crippen molar-refractivity contribution in [1.82, 2.24) is 4.98 Å². The molecule has 7 heteroatoms. The molecule has 0 fully saturated rings. The molecule has 1 heterocycles. The highest BCUT2D eigenvalue weighted by Crippen LogP contribution is 2.42. The highest BCUT2D eigenvalue weighted by atomic mass is 32.1. The van der Waals surface area contributed by atoms with E-state index in [0.717, 1.165) is 37.9 Å². The van der Waals surface area contributed by atoms with Gasteiger partial charge in [-0.05, 0) is 48.1 Å². The Labute approximate surface area is 198 Å². The van der Waals surface area contributed by atoms with Crippen molar-refractivity contribution < 1.29 is 19.2 Å². The number of amides is 1. The molecule has 0 saturated heterocycles. The monoisotopic (exact) mass is 462 g/mol. The molecule has 4 rings (SSSR count). The summed E-state index contributed by atoms with van der Waals surface area (Å²) in [4.78, 5) is 31.5. The second-order valence-electron chi connectivity index (χ2n) is 9.77. The summed E-state index contributed by atoms with van der Waals surface area (Å²) < 4.78 is 1.72. The first-order valence-electron chi connectivity index (χ1n) is 10.8. The van der Waals surface area contributed by atoms with Crippen LogP contribution in [0.1, 0.15) is 23.1 Å². The number of benzene rings is 2. The zero-order chi connectivity index (χ0) is 23.8. The quantitative estimate of drug-likeness (QED) is 0.465. The fraction of sp³-hybridized carbons (Fsp3) is 0.346. The zero-order valence-electron chi connectivity index (χ0n) is 19.4. The number of fused-ring (bicyclic) bond motifs is 2. The molecule has 0 unspecified atom stereocenters. The topological polar surface area (TPSA) is 70.5 Å². The van der Waals surface area contributed by atoms with E-state index in [-0.39, 0.29) is 12.3 Å². The van der Waals surface area contributed by atoms with Gasteiger partial charge in [0.05, 0.1) is 43.2 Å². The summed E-state index contributed by atoms with van der Waals surface area (Å²) >= 11 is 1.42. The third-order valence-electron chi connectivity index (χ3n) is 5.87. The number of hydrogen-bond acceptors (Lipinski definition) is 4. The van der Waals surface area contributed by atoms with Gasteiger partial charge in [0.1, 0.15) is 6.54 Å². The fourth-order valence-corrected chi connectivity index (χ4v) is 5.26. The minimum Gasteiger partial charge on any atom is -0.481 e. The summed E-state index contributed by atoms with van der Waals surface area (Å²) in [5, 5.41) is 10.1. The van der Waals surface area contributed by atoms with Crippen LogP contribution in [0.4, 0.5) is 5.13 Å². The van der Waals surface area contributed by atoms with Crippen molar-refractivity contribution in [2.45, 2.75) is 19.3 Å². The van der Waals surface area contributed by atoms with Crippen LogP contribution in [0.15, 0.2) is 42.5 Å². The number of carbonyl (C=O) groups is 2. The number of nitrogens with zero attached hydrogens (tertiary/aromatic N) is 3. The van der Waals surface area contributed by atoms with Crippen LogP contribution in [0.5, 0.6) is 0 Å². The van der Waals surface area contributed by atoms with E-state index in [4.69, 9.17) is 0 Å². The number of quaternary nitrogens is 1. The lowest BCUT2D eigenvalue weighted by Gasteiger charge is -2.30. The van der Waals surface area contributed by atoms with Gasteiger partial charge in [0.2, 0.25) is 5.91 Å². The Hall–Kier alpha value is -3.21. The number of carboxylic acids is 1. The maximum absolute atomic E-state index is 13.7. The van der Waals surface area contributed by atoms with Gasteiger partial charge in [0, 0.05) is 12.6 Å². The minimum atomic E-state index is -0.996. The van der Waals surface area contributed by atoms with Crippen LogP contribution in [0.3, 0.4) is 0 Å². The third kappa shape index (κ3) is 4.92. The molecule has 1 amide bonds. The van der Waals surface area contributed by atoms with Crippen molar-refractivity contribution in [2.75, 3.05) is 39.6 Å². The molecule has 0 aliphatic heterocycles. The molecule has 2 aromatic carbocycles. The van der Waals surface area contributed by atoms with E-state index in [2.05, 4.69) is 38.0 Å². The lowest BCUT2D eigenvalue weighted by atomic mass is 9.80. The summed E-state index contributed by atoms with van der Waals surface area (Å²) in [6, 6.07) is 13.7. The summed E-state index contributed by atoms with van der Waals surface area (Å²) in [6.45, 7) is 0.747. The standard InChI is InChI=1S/C26H27N3O3S/c1-28(24(32)26(17-23(30)31)15-19-9-5-6-10-20(19)16-26)25-27-21-12-11-18(14-22(21)33-25)8-7-13-29(2,3)4/h5-6,9-12,14H,13,15-17H2,1-4H3/p+1. The summed E-state index contributed by atoms with van der Waals surface area (Å²) in [7, 11) is 7.98. The molecule has 170 valence electrons. The zero-order valence-corrected chi connectivity index (χ0v) is 20.2. The molecule has 0 atom stereocenters.